The van der Waals surface area contributed by atoms with Gasteiger partial charge in [0.05, 0.1) is 5.92 Å². The van der Waals surface area contributed by atoms with Crippen molar-refractivity contribution in [2.75, 3.05) is 0 Å². The molecule has 5 heteroatoms. The summed E-state index contributed by atoms with van der Waals surface area (Å²) in [4.78, 5) is 23.3. The summed E-state index contributed by atoms with van der Waals surface area (Å²) in [6.45, 7) is 4.00. The highest BCUT2D eigenvalue weighted by molar-refractivity contribution is 5.92. The second-order valence-corrected chi connectivity index (χ2v) is 5.22. The number of amides is 1. The molecule has 0 saturated heterocycles. The summed E-state index contributed by atoms with van der Waals surface area (Å²) in [6, 6.07) is 1.47. The molecule has 0 unspecified atom stereocenters. The molecule has 5 nitrogen and oxygen atoms in total. The quantitative estimate of drug-likeness (QED) is 0.867. The van der Waals surface area contributed by atoms with Gasteiger partial charge in [0.15, 0.2) is 5.76 Å². The predicted octanol–water partition coefficient (Wildman–Crippen LogP) is 2.39. The third kappa shape index (κ3) is 2.86. The predicted molar refractivity (Wildman–Crippen MR) is 73.7 cm³/mol. The Labute approximate surface area is 118 Å². The number of nitrogens with one attached hydrogen (secondary N) is 1. The van der Waals surface area contributed by atoms with E-state index in [4.69, 9.17) is 9.52 Å². The molecule has 1 aliphatic carbocycles. The lowest BCUT2D eigenvalue weighted by Gasteiger charge is -2.16. The third-order valence-corrected chi connectivity index (χ3v) is 3.97. The van der Waals surface area contributed by atoms with Gasteiger partial charge < -0.3 is 14.8 Å². The minimum absolute atomic E-state index is 0.287. The molecule has 20 heavy (non-hydrogen) atoms. The van der Waals surface area contributed by atoms with E-state index in [1.54, 1.807) is 6.07 Å². The molecule has 2 N–H and O–H groups in total. The van der Waals surface area contributed by atoms with Crippen LogP contribution in [0.25, 0.3) is 0 Å². The van der Waals surface area contributed by atoms with E-state index in [2.05, 4.69) is 5.32 Å². The minimum atomic E-state index is -0.837. The molecule has 0 aromatic carbocycles. The van der Waals surface area contributed by atoms with E-state index in [0.717, 1.165) is 30.6 Å². The van der Waals surface area contributed by atoms with Crippen molar-refractivity contribution in [3.8, 4) is 0 Å². The van der Waals surface area contributed by atoms with Crippen LogP contribution in [0, 0.1) is 5.92 Å². The van der Waals surface area contributed by atoms with Gasteiger partial charge in [0.2, 0.25) is 0 Å². The molecule has 0 spiro atoms. The van der Waals surface area contributed by atoms with Gasteiger partial charge in [-0.25, -0.2) is 0 Å². The van der Waals surface area contributed by atoms with Gasteiger partial charge in [-0.3, -0.25) is 9.59 Å². The van der Waals surface area contributed by atoms with E-state index in [9.17, 15) is 9.59 Å². The molecule has 1 fully saturated rings. The molecule has 1 saturated carbocycles. The van der Waals surface area contributed by atoms with E-state index >= 15 is 0 Å². The Balaban J connectivity index is 2.08. The molecule has 0 aliphatic heterocycles. The summed E-state index contributed by atoms with van der Waals surface area (Å²) in [7, 11) is 0. The van der Waals surface area contributed by atoms with Gasteiger partial charge in [-0.2, -0.15) is 0 Å². The van der Waals surface area contributed by atoms with E-state index in [1.807, 2.05) is 13.8 Å². The topological polar surface area (TPSA) is 79.5 Å². The number of hydrogen-bond acceptors (Lipinski definition) is 3. The number of aliphatic carboxylic acids is 1. The number of furan rings is 1. The average Bonchev–Trinajstić information content (AvgIpc) is 3.03. The van der Waals surface area contributed by atoms with Gasteiger partial charge >= 0.3 is 5.97 Å². The molecule has 0 bridgehead atoms. The Morgan fingerprint density at radius 3 is 2.65 bits per heavy atom. The molecule has 2 atom stereocenters. The Morgan fingerprint density at radius 2 is 2.10 bits per heavy atom. The standard InChI is InChI=1S/C15H21NO4/c1-3-9-8-13(20-12(9)4-2)14(17)16-11-7-5-6-10(11)15(18)19/h8,10-11H,3-7H2,1-2H3,(H,16,17)(H,18,19)/t10-,11+/m0/s1. The first-order valence-corrected chi connectivity index (χ1v) is 7.22. The van der Waals surface area contributed by atoms with Gasteiger partial charge in [-0.05, 0) is 30.9 Å². The highest BCUT2D eigenvalue weighted by atomic mass is 16.4. The highest BCUT2D eigenvalue weighted by Gasteiger charge is 2.34. The van der Waals surface area contributed by atoms with E-state index in [-0.39, 0.29) is 17.7 Å². The lowest BCUT2D eigenvalue weighted by molar-refractivity contribution is -0.142. The van der Waals surface area contributed by atoms with Crippen LogP contribution in [0.2, 0.25) is 0 Å². The maximum Gasteiger partial charge on any atom is 0.308 e. The molecule has 1 aliphatic rings. The molecule has 1 aromatic heterocycles. The lowest BCUT2D eigenvalue weighted by Crippen LogP contribution is -2.40. The van der Waals surface area contributed by atoms with Crippen LogP contribution in [0.1, 0.15) is 55.0 Å². The van der Waals surface area contributed by atoms with Crippen LogP contribution in [-0.2, 0) is 17.6 Å². The first kappa shape index (κ1) is 14.6. The van der Waals surface area contributed by atoms with Crippen LogP contribution >= 0.6 is 0 Å². The van der Waals surface area contributed by atoms with Crippen LogP contribution in [0.4, 0.5) is 0 Å². The molecular weight excluding hydrogens is 258 g/mol. The van der Waals surface area contributed by atoms with Crippen LogP contribution in [0.3, 0.4) is 0 Å². The Bertz CT molecular complexity index is 484. The fraction of sp³-hybridized carbons (Fsp3) is 0.600. The second kappa shape index (κ2) is 6.11. The number of aryl methyl sites for hydroxylation is 2. The molecule has 1 heterocycles. The smallest absolute Gasteiger partial charge is 0.308 e. The number of carbonyl (C=O) groups is 2. The monoisotopic (exact) mass is 279 g/mol. The molecule has 1 amide bonds. The van der Waals surface area contributed by atoms with Crippen molar-refractivity contribution in [2.24, 2.45) is 5.92 Å². The number of carbonyl (C=O) groups excluding carboxylic acids is 1. The van der Waals surface area contributed by atoms with Gasteiger partial charge in [-0.15, -0.1) is 0 Å². The van der Waals surface area contributed by atoms with Crippen molar-refractivity contribution in [2.45, 2.75) is 52.0 Å². The van der Waals surface area contributed by atoms with Crippen LogP contribution in [-0.4, -0.2) is 23.0 Å². The summed E-state index contributed by atoms with van der Waals surface area (Å²) >= 11 is 0. The fourth-order valence-electron chi connectivity index (χ4n) is 2.84. The van der Waals surface area contributed by atoms with Gasteiger partial charge in [-0.1, -0.05) is 20.3 Å². The van der Waals surface area contributed by atoms with Gasteiger partial charge in [0, 0.05) is 12.5 Å². The zero-order valence-electron chi connectivity index (χ0n) is 11.9. The second-order valence-electron chi connectivity index (χ2n) is 5.22. The summed E-state index contributed by atoms with van der Waals surface area (Å²) in [5.41, 5.74) is 1.04. The first-order chi connectivity index (χ1) is 9.56. The van der Waals surface area contributed by atoms with E-state index in [1.165, 1.54) is 0 Å². The Morgan fingerprint density at radius 1 is 1.35 bits per heavy atom. The Hall–Kier alpha value is -1.78. The van der Waals surface area contributed by atoms with Crippen molar-refractivity contribution in [1.82, 2.24) is 5.32 Å². The van der Waals surface area contributed by atoms with Gasteiger partial charge in [0.1, 0.15) is 5.76 Å². The summed E-state index contributed by atoms with van der Waals surface area (Å²) < 4.78 is 5.56. The first-order valence-electron chi connectivity index (χ1n) is 7.22. The van der Waals surface area contributed by atoms with E-state index in [0.29, 0.717) is 12.8 Å². The summed E-state index contributed by atoms with van der Waals surface area (Å²) in [6.07, 6.45) is 3.74. The summed E-state index contributed by atoms with van der Waals surface area (Å²) in [5, 5.41) is 11.9. The fourth-order valence-corrected chi connectivity index (χ4v) is 2.84. The van der Waals surface area contributed by atoms with Gasteiger partial charge in [0.25, 0.3) is 5.91 Å². The van der Waals surface area contributed by atoms with Crippen LogP contribution < -0.4 is 5.32 Å². The van der Waals surface area contributed by atoms with Crippen molar-refractivity contribution < 1.29 is 19.1 Å². The van der Waals surface area contributed by atoms with Crippen LogP contribution in [0.5, 0.6) is 0 Å². The maximum absolute atomic E-state index is 12.2. The van der Waals surface area contributed by atoms with E-state index < -0.39 is 11.9 Å². The summed E-state index contributed by atoms with van der Waals surface area (Å²) in [5.74, 6) is -0.507. The van der Waals surface area contributed by atoms with Crippen molar-refractivity contribution in [3.05, 3.63) is 23.2 Å². The highest BCUT2D eigenvalue weighted by Crippen LogP contribution is 2.26. The molecule has 0 radical (unpaired) electrons. The number of hydrogen-bond donors (Lipinski definition) is 2. The van der Waals surface area contributed by atoms with Crippen molar-refractivity contribution in [1.29, 1.82) is 0 Å². The third-order valence-electron chi connectivity index (χ3n) is 3.97. The lowest BCUT2D eigenvalue weighted by atomic mass is 10.0. The molecule has 2 rings (SSSR count). The zero-order valence-corrected chi connectivity index (χ0v) is 11.9. The minimum Gasteiger partial charge on any atom is -0.481 e. The Kier molecular flexibility index (Phi) is 4.47. The molecular formula is C15H21NO4. The zero-order chi connectivity index (χ0) is 14.7. The van der Waals surface area contributed by atoms with Crippen molar-refractivity contribution in [3.63, 3.8) is 0 Å². The largest absolute Gasteiger partial charge is 0.481 e. The normalized spacial score (nSPS) is 21.9. The number of carboxylic acids is 1. The SMILES string of the molecule is CCc1cc(C(=O)N[C@@H]2CCC[C@@H]2C(=O)O)oc1CC. The maximum atomic E-state index is 12.2. The molecule has 110 valence electrons. The molecule has 1 aromatic rings. The number of carboxylic acid groups (broad SMARTS) is 1. The van der Waals surface area contributed by atoms with Crippen LogP contribution in [0.15, 0.2) is 10.5 Å². The average molecular weight is 279 g/mol. The number of rotatable bonds is 5. The van der Waals surface area contributed by atoms with Crippen molar-refractivity contribution >= 4 is 11.9 Å².